The maximum Gasteiger partial charge on any atom is 0.239 e. The Labute approximate surface area is 113 Å². The van der Waals surface area contributed by atoms with Gasteiger partial charge in [0, 0.05) is 24.6 Å². The van der Waals surface area contributed by atoms with Crippen molar-refractivity contribution in [2.45, 2.75) is 26.4 Å². The van der Waals surface area contributed by atoms with Crippen LogP contribution in [0.5, 0.6) is 5.88 Å². The Hall–Kier alpha value is -1.10. The molecule has 0 aliphatic carbocycles. The summed E-state index contributed by atoms with van der Waals surface area (Å²) in [5.74, 6) is 3.81. The van der Waals surface area contributed by atoms with Gasteiger partial charge in [0.2, 0.25) is 5.88 Å². The van der Waals surface area contributed by atoms with E-state index in [1.54, 1.807) is 0 Å². The number of rotatable bonds is 2. The summed E-state index contributed by atoms with van der Waals surface area (Å²) in [5.41, 5.74) is 6.23. The van der Waals surface area contributed by atoms with Crippen molar-refractivity contribution < 1.29 is 4.74 Å². The van der Waals surface area contributed by atoms with Gasteiger partial charge in [-0.3, -0.25) is 0 Å². The second-order valence-electron chi connectivity index (χ2n) is 5.38. The van der Waals surface area contributed by atoms with Gasteiger partial charge in [0.15, 0.2) is 0 Å². The predicted octanol–water partition coefficient (Wildman–Crippen LogP) is 2.39. The van der Waals surface area contributed by atoms with Gasteiger partial charge in [0.05, 0.1) is 5.69 Å². The Bertz CT molecular complexity index is 411. The van der Waals surface area contributed by atoms with Crippen LogP contribution in [-0.4, -0.2) is 35.2 Å². The van der Waals surface area contributed by atoms with Crippen LogP contribution in [0.25, 0.3) is 0 Å². The number of ether oxygens (including phenoxy) is 1. The highest BCUT2D eigenvalue weighted by atomic mass is 32.2. The van der Waals surface area contributed by atoms with Crippen molar-refractivity contribution in [3.63, 3.8) is 0 Å². The van der Waals surface area contributed by atoms with Crippen molar-refractivity contribution in [1.29, 1.82) is 0 Å². The number of thioether (sulfide) groups is 1. The first kappa shape index (κ1) is 13.3. The monoisotopic (exact) mass is 267 g/mol. The molecule has 4 nitrogen and oxygen atoms in total. The van der Waals surface area contributed by atoms with Gasteiger partial charge in [-0.15, -0.1) is 0 Å². The molecular weight excluding hydrogens is 246 g/mol. The van der Waals surface area contributed by atoms with Gasteiger partial charge in [-0.1, -0.05) is 0 Å². The lowest BCUT2D eigenvalue weighted by molar-refractivity contribution is 0.125. The number of nitrogens with two attached hydrogens (primary N) is 1. The largest absolute Gasteiger partial charge is 0.470 e. The lowest BCUT2D eigenvalue weighted by atomic mass is 10.2. The minimum absolute atomic E-state index is 0.280. The fourth-order valence-corrected chi connectivity index (χ4v) is 2.68. The van der Waals surface area contributed by atoms with E-state index in [0.717, 1.165) is 30.4 Å². The minimum atomic E-state index is -0.280. The summed E-state index contributed by atoms with van der Waals surface area (Å²) in [6.07, 6.45) is 0. The standard InChI is InChI=1S/C13H21N3OS/c1-13(2,3)17-12-10(14)4-5-11(15-12)16-6-8-18-9-7-16/h4-5H,6-9,14H2,1-3H3. The van der Waals surface area contributed by atoms with Gasteiger partial charge in [-0.25, -0.2) is 0 Å². The highest BCUT2D eigenvalue weighted by Crippen LogP contribution is 2.27. The van der Waals surface area contributed by atoms with Crippen LogP contribution < -0.4 is 15.4 Å². The van der Waals surface area contributed by atoms with Crippen LogP contribution in [0.2, 0.25) is 0 Å². The molecule has 0 amide bonds. The van der Waals surface area contributed by atoms with E-state index in [1.165, 1.54) is 0 Å². The highest BCUT2D eigenvalue weighted by Gasteiger charge is 2.18. The molecule has 0 radical (unpaired) electrons. The first-order chi connectivity index (χ1) is 8.46. The molecule has 1 aromatic rings. The third kappa shape index (κ3) is 3.45. The summed E-state index contributed by atoms with van der Waals surface area (Å²) in [6, 6.07) is 3.85. The number of anilines is 2. The van der Waals surface area contributed by atoms with Crippen molar-refractivity contribution in [1.82, 2.24) is 4.98 Å². The normalized spacial score (nSPS) is 16.7. The van der Waals surface area contributed by atoms with Crippen LogP contribution in [0, 0.1) is 0 Å². The smallest absolute Gasteiger partial charge is 0.239 e. The van der Waals surface area contributed by atoms with E-state index >= 15 is 0 Å². The van der Waals surface area contributed by atoms with Crippen LogP contribution in [0.4, 0.5) is 11.5 Å². The SMILES string of the molecule is CC(C)(C)Oc1nc(N2CCSCC2)ccc1N. The molecule has 0 saturated carbocycles. The fraction of sp³-hybridized carbons (Fsp3) is 0.615. The lowest BCUT2D eigenvalue weighted by Gasteiger charge is -2.28. The Balaban J connectivity index is 2.19. The molecule has 1 aliphatic heterocycles. The quantitative estimate of drug-likeness (QED) is 0.891. The number of hydrogen-bond acceptors (Lipinski definition) is 5. The van der Waals surface area contributed by atoms with E-state index in [9.17, 15) is 0 Å². The van der Waals surface area contributed by atoms with E-state index in [1.807, 2.05) is 44.7 Å². The zero-order valence-corrected chi connectivity index (χ0v) is 12.1. The molecule has 0 spiro atoms. The summed E-state index contributed by atoms with van der Waals surface area (Å²) in [7, 11) is 0. The molecule has 2 N–H and O–H groups in total. The van der Waals surface area contributed by atoms with Crippen LogP contribution in [0.1, 0.15) is 20.8 Å². The Morgan fingerprint density at radius 2 is 1.94 bits per heavy atom. The summed E-state index contributed by atoms with van der Waals surface area (Å²) < 4.78 is 5.80. The minimum Gasteiger partial charge on any atom is -0.470 e. The van der Waals surface area contributed by atoms with Crippen molar-refractivity contribution in [2.24, 2.45) is 0 Å². The lowest BCUT2D eigenvalue weighted by Crippen LogP contribution is -2.33. The van der Waals surface area contributed by atoms with E-state index in [4.69, 9.17) is 10.5 Å². The third-order valence-electron chi connectivity index (χ3n) is 2.61. The average Bonchev–Trinajstić information content (AvgIpc) is 2.31. The number of pyridine rings is 1. The Morgan fingerprint density at radius 3 is 2.56 bits per heavy atom. The Morgan fingerprint density at radius 1 is 1.28 bits per heavy atom. The van der Waals surface area contributed by atoms with E-state index in [2.05, 4.69) is 9.88 Å². The van der Waals surface area contributed by atoms with Gasteiger partial charge < -0.3 is 15.4 Å². The van der Waals surface area contributed by atoms with E-state index in [-0.39, 0.29) is 5.60 Å². The zero-order valence-electron chi connectivity index (χ0n) is 11.3. The van der Waals surface area contributed by atoms with Crippen LogP contribution >= 0.6 is 11.8 Å². The Kier molecular flexibility index (Phi) is 3.90. The van der Waals surface area contributed by atoms with Gasteiger partial charge in [-0.05, 0) is 32.9 Å². The van der Waals surface area contributed by atoms with E-state index in [0.29, 0.717) is 11.6 Å². The molecule has 5 heteroatoms. The number of nitrogens with zero attached hydrogens (tertiary/aromatic N) is 2. The number of aromatic nitrogens is 1. The third-order valence-corrected chi connectivity index (χ3v) is 3.56. The molecule has 2 rings (SSSR count). The number of hydrogen-bond donors (Lipinski definition) is 1. The number of nitrogen functional groups attached to an aromatic ring is 1. The highest BCUT2D eigenvalue weighted by molar-refractivity contribution is 7.99. The van der Waals surface area contributed by atoms with Crippen molar-refractivity contribution >= 4 is 23.3 Å². The topological polar surface area (TPSA) is 51.4 Å². The summed E-state index contributed by atoms with van der Waals surface area (Å²) in [6.45, 7) is 8.07. The molecule has 1 aliphatic rings. The maximum absolute atomic E-state index is 5.92. The van der Waals surface area contributed by atoms with Gasteiger partial charge in [0.1, 0.15) is 11.4 Å². The molecule has 1 saturated heterocycles. The van der Waals surface area contributed by atoms with E-state index < -0.39 is 0 Å². The second kappa shape index (κ2) is 5.26. The van der Waals surface area contributed by atoms with Gasteiger partial charge in [0.25, 0.3) is 0 Å². The molecule has 1 fully saturated rings. The second-order valence-corrected chi connectivity index (χ2v) is 6.60. The predicted molar refractivity (Wildman–Crippen MR) is 78.6 cm³/mol. The first-order valence-electron chi connectivity index (χ1n) is 6.24. The molecule has 2 heterocycles. The van der Waals surface area contributed by atoms with Crippen LogP contribution in [-0.2, 0) is 0 Å². The van der Waals surface area contributed by atoms with Crippen molar-refractivity contribution in [3.8, 4) is 5.88 Å². The summed E-state index contributed by atoms with van der Waals surface area (Å²) >= 11 is 1.99. The van der Waals surface area contributed by atoms with Crippen molar-refractivity contribution in [2.75, 3.05) is 35.2 Å². The molecule has 0 aromatic carbocycles. The first-order valence-corrected chi connectivity index (χ1v) is 7.39. The average molecular weight is 267 g/mol. The fourth-order valence-electron chi connectivity index (χ4n) is 1.78. The molecule has 0 bridgehead atoms. The molecule has 1 aromatic heterocycles. The summed E-state index contributed by atoms with van der Waals surface area (Å²) in [5, 5.41) is 0. The zero-order chi connectivity index (χ0) is 13.2. The van der Waals surface area contributed by atoms with Crippen molar-refractivity contribution in [3.05, 3.63) is 12.1 Å². The molecule has 0 unspecified atom stereocenters. The van der Waals surface area contributed by atoms with Crippen LogP contribution in [0.15, 0.2) is 12.1 Å². The molecule has 100 valence electrons. The molecule has 0 atom stereocenters. The van der Waals surface area contributed by atoms with Gasteiger partial charge >= 0.3 is 0 Å². The molecule has 18 heavy (non-hydrogen) atoms. The molecular formula is C13H21N3OS. The summed E-state index contributed by atoms with van der Waals surface area (Å²) in [4.78, 5) is 6.83. The maximum atomic E-state index is 5.92. The van der Waals surface area contributed by atoms with Crippen LogP contribution in [0.3, 0.4) is 0 Å². The van der Waals surface area contributed by atoms with Gasteiger partial charge in [-0.2, -0.15) is 16.7 Å².